The van der Waals surface area contributed by atoms with Gasteiger partial charge in [-0.15, -0.1) is 0 Å². The highest BCUT2D eigenvalue weighted by Gasteiger charge is 2.17. The third-order valence-electron chi connectivity index (χ3n) is 3.93. The SMILES string of the molecule is CCN(CC(=O)Nc1ccc2c(c1)OCCO2)C(=O)CCCCC(=O)O. The number of carboxylic acids is 1. The number of likely N-dealkylation sites (N-methyl/N-ethyl adjacent to an activating group) is 1. The van der Waals surface area contributed by atoms with Crippen molar-refractivity contribution in [3.63, 3.8) is 0 Å². The Morgan fingerprint density at radius 2 is 1.81 bits per heavy atom. The fraction of sp³-hybridized carbons (Fsp3) is 0.500. The summed E-state index contributed by atoms with van der Waals surface area (Å²) in [7, 11) is 0. The monoisotopic (exact) mass is 364 g/mol. The highest BCUT2D eigenvalue weighted by molar-refractivity contribution is 5.94. The van der Waals surface area contributed by atoms with Crippen molar-refractivity contribution >= 4 is 23.5 Å². The molecule has 1 aromatic rings. The molecule has 0 aliphatic carbocycles. The minimum atomic E-state index is -0.872. The molecule has 0 fully saturated rings. The number of hydrogen-bond donors (Lipinski definition) is 2. The molecular weight excluding hydrogens is 340 g/mol. The van der Waals surface area contributed by atoms with Gasteiger partial charge in [-0.05, 0) is 31.9 Å². The molecule has 0 saturated heterocycles. The molecule has 1 aliphatic rings. The Morgan fingerprint density at radius 1 is 1.12 bits per heavy atom. The van der Waals surface area contributed by atoms with Gasteiger partial charge in [-0.25, -0.2) is 0 Å². The summed E-state index contributed by atoms with van der Waals surface area (Å²) in [5.74, 6) is -0.113. The summed E-state index contributed by atoms with van der Waals surface area (Å²) in [6, 6.07) is 5.14. The fourth-order valence-electron chi connectivity index (χ4n) is 2.58. The number of fused-ring (bicyclic) bond motifs is 1. The van der Waals surface area contributed by atoms with Gasteiger partial charge in [-0.3, -0.25) is 14.4 Å². The van der Waals surface area contributed by atoms with Crippen LogP contribution in [0.15, 0.2) is 18.2 Å². The Hall–Kier alpha value is -2.77. The molecule has 1 aromatic carbocycles. The molecule has 26 heavy (non-hydrogen) atoms. The number of rotatable bonds is 9. The first-order valence-corrected chi connectivity index (χ1v) is 8.68. The van der Waals surface area contributed by atoms with Gasteiger partial charge in [0.1, 0.15) is 13.2 Å². The molecule has 0 aromatic heterocycles. The van der Waals surface area contributed by atoms with Crippen molar-refractivity contribution in [2.75, 3.05) is 31.6 Å². The van der Waals surface area contributed by atoms with E-state index in [1.807, 2.05) is 0 Å². The maximum atomic E-state index is 12.2. The van der Waals surface area contributed by atoms with Gasteiger partial charge in [0, 0.05) is 31.1 Å². The lowest BCUT2D eigenvalue weighted by Crippen LogP contribution is -2.37. The molecule has 2 N–H and O–H groups in total. The molecule has 0 unspecified atom stereocenters. The highest BCUT2D eigenvalue weighted by atomic mass is 16.6. The van der Waals surface area contributed by atoms with Gasteiger partial charge in [0.15, 0.2) is 11.5 Å². The minimum absolute atomic E-state index is 0.0456. The number of benzene rings is 1. The molecular formula is C18H24N2O6. The predicted molar refractivity (Wildman–Crippen MR) is 94.4 cm³/mol. The maximum Gasteiger partial charge on any atom is 0.303 e. The summed E-state index contributed by atoms with van der Waals surface area (Å²) < 4.78 is 10.9. The summed E-state index contributed by atoms with van der Waals surface area (Å²) in [5, 5.41) is 11.3. The fourth-order valence-corrected chi connectivity index (χ4v) is 2.58. The number of carbonyl (C=O) groups is 3. The molecule has 8 nitrogen and oxygen atoms in total. The second-order valence-electron chi connectivity index (χ2n) is 5.92. The number of hydrogen-bond acceptors (Lipinski definition) is 5. The summed E-state index contributed by atoms with van der Waals surface area (Å²) in [6.07, 6.45) is 1.22. The molecule has 0 saturated carbocycles. The number of nitrogens with one attached hydrogen (secondary N) is 1. The maximum absolute atomic E-state index is 12.2. The average molecular weight is 364 g/mol. The first kappa shape index (κ1) is 19.6. The lowest BCUT2D eigenvalue weighted by molar-refractivity contribution is -0.137. The van der Waals surface area contributed by atoms with Crippen molar-refractivity contribution in [1.82, 2.24) is 4.90 Å². The minimum Gasteiger partial charge on any atom is -0.486 e. The van der Waals surface area contributed by atoms with Gasteiger partial charge >= 0.3 is 5.97 Å². The van der Waals surface area contributed by atoms with Crippen LogP contribution in [0.1, 0.15) is 32.6 Å². The van der Waals surface area contributed by atoms with Crippen molar-refractivity contribution in [1.29, 1.82) is 0 Å². The van der Waals surface area contributed by atoms with Crippen LogP contribution >= 0.6 is 0 Å². The zero-order valence-electron chi connectivity index (χ0n) is 14.8. The first-order valence-electron chi connectivity index (χ1n) is 8.68. The third kappa shape index (κ3) is 5.94. The Balaban J connectivity index is 1.82. The molecule has 0 bridgehead atoms. The molecule has 1 heterocycles. The number of ether oxygens (including phenoxy) is 2. The Kier molecular flexibility index (Phi) is 7.25. The van der Waals surface area contributed by atoms with E-state index in [1.54, 1.807) is 25.1 Å². The first-order chi connectivity index (χ1) is 12.5. The second-order valence-corrected chi connectivity index (χ2v) is 5.92. The van der Waals surface area contributed by atoms with E-state index in [-0.39, 0.29) is 31.2 Å². The number of carboxylic acid groups (broad SMARTS) is 1. The van der Waals surface area contributed by atoms with E-state index in [0.717, 1.165) is 0 Å². The van der Waals surface area contributed by atoms with Crippen molar-refractivity contribution in [3.05, 3.63) is 18.2 Å². The second kappa shape index (κ2) is 9.65. The number of amides is 2. The zero-order valence-corrected chi connectivity index (χ0v) is 14.8. The molecule has 0 spiro atoms. The Labute approximate surface area is 152 Å². The predicted octanol–water partition coefficient (Wildman–Crippen LogP) is 1.89. The van der Waals surface area contributed by atoms with Crippen LogP contribution < -0.4 is 14.8 Å². The third-order valence-corrected chi connectivity index (χ3v) is 3.93. The molecule has 0 radical (unpaired) electrons. The quantitative estimate of drug-likeness (QED) is 0.648. The standard InChI is InChI=1S/C18H24N2O6/c1-2-20(17(22)5-3-4-6-18(23)24)12-16(21)19-13-7-8-14-15(11-13)26-10-9-25-14/h7-8,11H,2-6,9-10,12H2,1H3,(H,19,21)(H,23,24). The number of nitrogens with zero attached hydrogens (tertiary/aromatic N) is 1. The van der Waals surface area contributed by atoms with Crippen LogP contribution in [0.3, 0.4) is 0 Å². The van der Waals surface area contributed by atoms with Crippen LogP contribution in [0.2, 0.25) is 0 Å². The summed E-state index contributed by atoms with van der Waals surface area (Å²) in [6.45, 7) is 3.12. The van der Waals surface area contributed by atoms with E-state index < -0.39 is 5.97 Å². The lowest BCUT2D eigenvalue weighted by atomic mass is 10.2. The van der Waals surface area contributed by atoms with E-state index in [0.29, 0.717) is 49.8 Å². The summed E-state index contributed by atoms with van der Waals surface area (Å²) in [5.41, 5.74) is 0.573. The van der Waals surface area contributed by atoms with E-state index >= 15 is 0 Å². The smallest absolute Gasteiger partial charge is 0.303 e. The van der Waals surface area contributed by atoms with Crippen molar-refractivity contribution in [2.45, 2.75) is 32.6 Å². The summed E-state index contributed by atoms with van der Waals surface area (Å²) in [4.78, 5) is 36.3. The lowest BCUT2D eigenvalue weighted by Gasteiger charge is -2.21. The Morgan fingerprint density at radius 3 is 2.50 bits per heavy atom. The van der Waals surface area contributed by atoms with Gasteiger partial charge in [0.25, 0.3) is 0 Å². The van der Waals surface area contributed by atoms with Gasteiger partial charge < -0.3 is 24.8 Å². The molecule has 1 aliphatic heterocycles. The zero-order chi connectivity index (χ0) is 18.9. The van der Waals surface area contributed by atoms with Crippen LogP contribution in [-0.4, -0.2) is 54.1 Å². The molecule has 2 amide bonds. The van der Waals surface area contributed by atoms with Crippen LogP contribution in [0.25, 0.3) is 0 Å². The number of aliphatic carboxylic acids is 1. The number of anilines is 1. The van der Waals surface area contributed by atoms with E-state index in [1.165, 1.54) is 4.90 Å². The van der Waals surface area contributed by atoms with Crippen LogP contribution in [-0.2, 0) is 14.4 Å². The largest absolute Gasteiger partial charge is 0.486 e. The van der Waals surface area contributed by atoms with Crippen molar-refractivity contribution in [3.8, 4) is 11.5 Å². The van der Waals surface area contributed by atoms with Gasteiger partial charge in [0.2, 0.25) is 11.8 Å². The normalized spacial score (nSPS) is 12.3. The molecule has 8 heteroatoms. The van der Waals surface area contributed by atoms with Crippen molar-refractivity contribution in [2.24, 2.45) is 0 Å². The van der Waals surface area contributed by atoms with Crippen LogP contribution in [0.5, 0.6) is 11.5 Å². The molecule has 0 atom stereocenters. The highest BCUT2D eigenvalue weighted by Crippen LogP contribution is 2.32. The Bertz CT molecular complexity index is 661. The molecule has 2 rings (SSSR count). The molecule has 142 valence electrons. The van der Waals surface area contributed by atoms with Crippen LogP contribution in [0, 0.1) is 0 Å². The summed E-state index contributed by atoms with van der Waals surface area (Å²) >= 11 is 0. The van der Waals surface area contributed by atoms with Gasteiger partial charge in [0.05, 0.1) is 6.54 Å². The number of unbranched alkanes of at least 4 members (excludes halogenated alkanes) is 1. The van der Waals surface area contributed by atoms with Crippen molar-refractivity contribution < 1.29 is 29.0 Å². The van der Waals surface area contributed by atoms with E-state index in [4.69, 9.17) is 14.6 Å². The van der Waals surface area contributed by atoms with Crippen LogP contribution in [0.4, 0.5) is 5.69 Å². The van der Waals surface area contributed by atoms with E-state index in [9.17, 15) is 14.4 Å². The average Bonchev–Trinajstić information content (AvgIpc) is 2.62. The number of carbonyl (C=O) groups excluding carboxylic acids is 2. The van der Waals surface area contributed by atoms with Gasteiger partial charge in [-0.2, -0.15) is 0 Å². The van der Waals surface area contributed by atoms with Gasteiger partial charge in [-0.1, -0.05) is 0 Å². The van der Waals surface area contributed by atoms with E-state index in [2.05, 4.69) is 5.32 Å². The topological polar surface area (TPSA) is 105 Å².